The van der Waals surface area contributed by atoms with Crippen LogP contribution in [-0.2, 0) is 0 Å². The summed E-state index contributed by atoms with van der Waals surface area (Å²) in [4.78, 5) is 0. The second-order valence-electron chi connectivity index (χ2n) is 4.18. The van der Waals surface area contributed by atoms with Crippen molar-refractivity contribution < 1.29 is 0 Å². The normalized spacial score (nSPS) is 12.6. The van der Waals surface area contributed by atoms with Crippen molar-refractivity contribution in [3.05, 3.63) is 34.0 Å². The molecule has 1 heterocycles. The third-order valence-electron chi connectivity index (χ3n) is 2.92. The lowest BCUT2D eigenvalue weighted by Gasteiger charge is -2.07. The topological polar surface area (TPSA) is 43.8 Å². The van der Waals surface area contributed by atoms with E-state index in [1.54, 1.807) is 0 Å². The Labute approximate surface area is 115 Å². The van der Waals surface area contributed by atoms with Crippen LogP contribution in [0.1, 0.15) is 26.3 Å². The Hall–Kier alpha value is -1.04. The van der Waals surface area contributed by atoms with E-state index in [9.17, 15) is 0 Å². The zero-order chi connectivity index (χ0) is 12.4. The van der Waals surface area contributed by atoms with E-state index in [1.807, 2.05) is 10.9 Å². The Morgan fingerprint density at radius 1 is 1.35 bits per heavy atom. The summed E-state index contributed by atoms with van der Waals surface area (Å²) in [6, 6.07) is 8.63. The predicted molar refractivity (Wildman–Crippen MR) is 79.8 cm³/mol. The third kappa shape index (κ3) is 2.62. The Morgan fingerprint density at radius 2 is 2.00 bits per heavy atom. The summed E-state index contributed by atoms with van der Waals surface area (Å²) < 4.78 is 3.16. The molecule has 2 rings (SSSR count). The average Bonchev–Trinajstić information content (AvgIpc) is 2.71. The van der Waals surface area contributed by atoms with Gasteiger partial charge in [-0.2, -0.15) is 5.10 Å². The molecule has 2 N–H and O–H groups in total. The fraction of sp³-hybridized carbons (Fsp3) is 0.308. The van der Waals surface area contributed by atoms with E-state index >= 15 is 0 Å². The second-order valence-corrected chi connectivity index (χ2v) is 5.42. The molecule has 0 aliphatic heterocycles. The largest absolute Gasteiger partial charge is 0.396 e. The molecule has 2 aromatic rings. The molecule has 1 aromatic heterocycles. The molecule has 0 amide bonds. The smallest absolute Gasteiger partial charge is 0.115 e. The van der Waals surface area contributed by atoms with E-state index in [0.717, 1.165) is 23.4 Å². The van der Waals surface area contributed by atoms with Crippen LogP contribution in [-0.4, -0.2) is 9.78 Å². The first-order valence-electron chi connectivity index (χ1n) is 5.72. The van der Waals surface area contributed by atoms with Crippen LogP contribution in [0.2, 0.25) is 0 Å². The summed E-state index contributed by atoms with van der Waals surface area (Å²) in [5.74, 6) is 0. The standard InChI is InChI=1S/C13H16IN3/c1-3-9(2)17-8-12(15)13(16-17)10-4-6-11(14)7-5-10/h4-9H,3,15H2,1-2H3. The fourth-order valence-corrected chi connectivity index (χ4v) is 2.01. The van der Waals surface area contributed by atoms with Gasteiger partial charge in [0.05, 0.1) is 5.69 Å². The minimum absolute atomic E-state index is 0.384. The molecule has 4 heteroatoms. The summed E-state index contributed by atoms with van der Waals surface area (Å²) in [6.45, 7) is 4.29. The van der Waals surface area contributed by atoms with Crippen molar-refractivity contribution >= 4 is 28.3 Å². The third-order valence-corrected chi connectivity index (χ3v) is 3.64. The molecule has 0 saturated carbocycles. The molecule has 90 valence electrons. The van der Waals surface area contributed by atoms with Gasteiger partial charge in [-0.05, 0) is 48.1 Å². The number of rotatable bonds is 3. The zero-order valence-electron chi connectivity index (χ0n) is 10.0. The van der Waals surface area contributed by atoms with Gasteiger partial charge in [0.25, 0.3) is 0 Å². The molecule has 0 bridgehead atoms. The van der Waals surface area contributed by atoms with E-state index in [1.165, 1.54) is 3.57 Å². The van der Waals surface area contributed by atoms with Crippen molar-refractivity contribution in [2.24, 2.45) is 0 Å². The van der Waals surface area contributed by atoms with Crippen LogP contribution in [0.15, 0.2) is 30.5 Å². The van der Waals surface area contributed by atoms with Crippen molar-refractivity contribution in [2.45, 2.75) is 26.3 Å². The van der Waals surface area contributed by atoms with Crippen LogP contribution in [0.25, 0.3) is 11.3 Å². The van der Waals surface area contributed by atoms with Crippen molar-refractivity contribution in [3.63, 3.8) is 0 Å². The number of aromatic nitrogens is 2. The lowest BCUT2D eigenvalue weighted by atomic mass is 10.1. The monoisotopic (exact) mass is 341 g/mol. The van der Waals surface area contributed by atoms with E-state index in [0.29, 0.717) is 6.04 Å². The molecular weight excluding hydrogens is 325 g/mol. The molecule has 0 aliphatic rings. The van der Waals surface area contributed by atoms with Gasteiger partial charge in [-0.25, -0.2) is 0 Å². The maximum absolute atomic E-state index is 6.02. The molecule has 1 unspecified atom stereocenters. The SMILES string of the molecule is CCC(C)n1cc(N)c(-c2ccc(I)cc2)n1. The van der Waals surface area contributed by atoms with Crippen molar-refractivity contribution in [1.29, 1.82) is 0 Å². The Kier molecular flexibility index (Phi) is 3.71. The van der Waals surface area contributed by atoms with E-state index in [4.69, 9.17) is 5.73 Å². The van der Waals surface area contributed by atoms with Gasteiger partial charge >= 0.3 is 0 Å². The van der Waals surface area contributed by atoms with Crippen molar-refractivity contribution in [2.75, 3.05) is 5.73 Å². The van der Waals surface area contributed by atoms with Gasteiger partial charge < -0.3 is 5.73 Å². The van der Waals surface area contributed by atoms with Crippen LogP contribution in [0.3, 0.4) is 0 Å². The molecule has 1 aromatic carbocycles. The van der Waals surface area contributed by atoms with Crippen molar-refractivity contribution in [3.8, 4) is 11.3 Å². The van der Waals surface area contributed by atoms with Crippen molar-refractivity contribution in [1.82, 2.24) is 9.78 Å². The summed E-state index contributed by atoms with van der Waals surface area (Å²) in [7, 11) is 0. The summed E-state index contributed by atoms with van der Waals surface area (Å²) in [5, 5.41) is 4.57. The number of nitrogen functional groups attached to an aromatic ring is 1. The predicted octanol–water partition coefficient (Wildman–Crippen LogP) is 3.71. The van der Waals surface area contributed by atoms with E-state index in [-0.39, 0.29) is 0 Å². The van der Waals surface area contributed by atoms with Crippen LogP contribution >= 0.6 is 22.6 Å². The number of benzene rings is 1. The van der Waals surface area contributed by atoms with Gasteiger partial charge in [-0.1, -0.05) is 19.1 Å². The number of halogens is 1. The molecule has 1 atom stereocenters. The number of hydrogen-bond donors (Lipinski definition) is 1. The Balaban J connectivity index is 2.39. The lowest BCUT2D eigenvalue weighted by Crippen LogP contribution is -2.04. The Morgan fingerprint density at radius 3 is 2.59 bits per heavy atom. The first kappa shape index (κ1) is 12.4. The molecule has 0 aliphatic carbocycles. The minimum atomic E-state index is 0.384. The maximum Gasteiger partial charge on any atom is 0.115 e. The second kappa shape index (κ2) is 5.08. The molecule has 0 spiro atoms. The van der Waals surface area contributed by atoms with Gasteiger partial charge in [0.1, 0.15) is 5.69 Å². The van der Waals surface area contributed by atoms with Crippen LogP contribution < -0.4 is 5.73 Å². The maximum atomic E-state index is 6.02. The number of hydrogen-bond acceptors (Lipinski definition) is 2. The highest BCUT2D eigenvalue weighted by molar-refractivity contribution is 14.1. The van der Waals surface area contributed by atoms with Crippen LogP contribution in [0.4, 0.5) is 5.69 Å². The fourth-order valence-electron chi connectivity index (χ4n) is 1.65. The Bertz CT molecular complexity index is 502. The molecule has 3 nitrogen and oxygen atoms in total. The molecule has 17 heavy (non-hydrogen) atoms. The summed E-state index contributed by atoms with van der Waals surface area (Å²) in [5.41, 5.74) is 8.71. The van der Waals surface area contributed by atoms with Crippen LogP contribution in [0.5, 0.6) is 0 Å². The molecule has 0 fully saturated rings. The molecule has 0 radical (unpaired) electrons. The van der Waals surface area contributed by atoms with Gasteiger partial charge in [-0.3, -0.25) is 4.68 Å². The lowest BCUT2D eigenvalue weighted by molar-refractivity contribution is 0.479. The highest BCUT2D eigenvalue weighted by Gasteiger charge is 2.11. The minimum Gasteiger partial charge on any atom is -0.396 e. The summed E-state index contributed by atoms with van der Waals surface area (Å²) in [6.07, 6.45) is 2.97. The van der Waals surface area contributed by atoms with Gasteiger partial charge in [0, 0.05) is 21.4 Å². The van der Waals surface area contributed by atoms with Gasteiger partial charge in [-0.15, -0.1) is 0 Å². The van der Waals surface area contributed by atoms with Crippen LogP contribution in [0, 0.1) is 3.57 Å². The van der Waals surface area contributed by atoms with Gasteiger partial charge in [0.2, 0.25) is 0 Å². The van der Waals surface area contributed by atoms with Gasteiger partial charge in [0.15, 0.2) is 0 Å². The molecule has 0 saturated heterocycles. The van der Waals surface area contributed by atoms with E-state index < -0.39 is 0 Å². The first-order chi connectivity index (χ1) is 8.11. The summed E-state index contributed by atoms with van der Waals surface area (Å²) >= 11 is 2.29. The highest BCUT2D eigenvalue weighted by Crippen LogP contribution is 2.26. The number of nitrogens with two attached hydrogens (primary N) is 1. The molecular formula is C13H16IN3. The average molecular weight is 341 g/mol. The van der Waals surface area contributed by atoms with E-state index in [2.05, 4.69) is 65.8 Å². The first-order valence-corrected chi connectivity index (χ1v) is 6.80. The number of nitrogens with zero attached hydrogens (tertiary/aromatic N) is 2. The zero-order valence-corrected chi connectivity index (χ0v) is 12.2. The highest BCUT2D eigenvalue weighted by atomic mass is 127. The number of anilines is 1. The quantitative estimate of drug-likeness (QED) is 0.865.